The van der Waals surface area contributed by atoms with Gasteiger partial charge in [0.05, 0.1) is 10.7 Å². The van der Waals surface area contributed by atoms with Crippen LogP contribution in [0.25, 0.3) is 11.3 Å². The Bertz CT molecular complexity index is 1040. The monoisotopic (exact) mass is 435 g/mol. The minimum absolute atomic E-state index is 0.259. The van der Waals surface area contributed by atoms with Crippen molar-refractivity contribution in [2.24, 2.45) is 0 Å². The van der Waals surface area contributed by atoms with Crippen LogP contribution in [0.2, 0.25) is 5.02 Å². The molecule has 0 radical (unpaired) electrons. The zero-order chi connectivity index (χ0) is 21.2. The number of hydrogen-bond donors (Lipinski definition) is 0. The number of aromatic nitrogens is 4. The first kappa shape index (κ1) is 20.0. The molecule has 5 heterocycles. The summed E-state index contributed by atoms with van der Waals surface area (Å²) in [4.78, 5) is 25.6. The molecule has 2 aliphatic heterocycles. The zero-order valence-corrected chi connectivity index (χ0v) is 18.4. The lowest BCUT2D eigenvalue weighted by Crippen LogP contribution is -2.52. The number of hydrogen-bond acceptors (Lipinski definition) is 7. The topological polar surface area (TPSA) is 61.3 Å². The molecule has 8 heteroatoms. The van der Waals surface area contributed by atoms with Crippen LogP contribution in [0.1, 0.15) is 19.8 Å². The molecule has 3 aromatic heterocycles. The van der Waals surface area contributed by atoms with E-state index in [-0.39, 0.29) is 6.04 Å². The maximum Gasteiger partial charge on any atom is 0.227 e. The molecular weight excluding hydrogens is 410 g/mol. The van der Waals surface area contributed by atoms with Crippen LogP contribution in [-0.4, -0.2) is 58.7 Å². The third kappa shape index (κ3) is 4.14. The molecule has 2 saturated heterocycles. The summed E-state index contributed by atoms with van der Waals surface area (Å²) in [5, 5.41) is 0.695. The van der Waals surface area contributed by atoms with Gasteiger partial charge in [-0.2, -0.15) is 4.98 Å². The Hall–Kier alpha value is -2.93. The third-order valence-corrected chi connectivity index (χ3v) is 6.30. The van der Waals surface area contributed by atoms with Gasteiger partial charge >= 0.3 is 0 Å². The molecule has 7 nitrogen and oxygen atoms in total. The van der Waals surface area contributed by atoms with Crippen LogP contribution < -0.4 is 14.7 Å². The van der Waals surface area contributed by atoms with Gasteiger partial charge in [-0.3, -0.25) is 4.98 Å². The summed E-state index contributed by atoms with van der Waals surface area (Å²) < 4.78 is 0. The molecule has 0 N–H and O–H groups in total. The average Bonchev–Trinajstić information content (AvgIpc) is 3.35. The van der Waals surface area contributed by atoms with Crippen molar-refractivity contribution in [2.45, 2.75) is 25.8 Å². The quantitative estimate of drug-likeness (QED) is 0.615. The first-order valence-corrected chi connectivity index (χ1v) is 11.2. The first-order valence-electron chi connectivity index (χ1n) is 10.9. The fraction of sp³-hybridized carbons (Fsp3) is 0.391. The summed E-state index contributed by atoms with van der Waals surface area (Å²) in [6.45, 7) is 6.77. The maximum absolute atomic E-state index is 6.39. The van der Waals surface area contributed by atoms with Crippen LogP contribution in [0, 0.1) is 0 Å². The highest BCUT2D eigenvalue weighted by molar-refractivity contribution is 6.32. The normalized spacial score (nSPS) is 19.2. The Morgan fingerprint density at radius 1 is 0.968 bits per heavy atom. The predicted octanol–water partition coefficient (Wildman–Crippen LogP) is 3.90. The van der Waals surface area contributed by atoms with E-state index in [4.69, 9.17) is 21.6 Å². The fourth-order valence-corrected chi connectivity index (χ4v) is 4.63. The molecule has 0 amide bonds. The molecule has 2 fully saturated rings. The summed E-state index contributed by atoms with van der Waals surface area (Å²) in [5.74, 6) is 2.64. The van der Waals surface area contributed by atoms with Crippen LogP contribution >= 0.6 is 11.6 Å². The average molecular weight is 436 g/mol. The van der Waals surface area contributed by atoms with Gasteiger partial charge in [0.15, 0.2) is 0 Å². The second-order valence-electron chi connectivity index (χ2n) is 8.14. The lowest BCUT2D eigenvalue weighted by molar-refractivity contribution is 0.542. The van der Waals surface area contributed by atoms with Gasteiger partial charge in [0.2, 0.25) is 5.95 Å². The van der Waals surface area contributed by atoms with Crippen molar-refractivity contribution in [2.75, 3.05) is 47.4 Å². The Balaban J connectivity index is 1.45. The number of nitrogens with zero attached hydrogens (tertiary/aromatic N) is 7. The van der Waals surface area contributed by atoms with E-state index < -0.39 is 0 Å². The van der Waals surface area contributed by atoms with E-state index in [1.54, 1.807) is 12.4 Å². The van der Waals surface area contributed by atoms with Gasteiger partial charge in [-0.1, -0.05) is 11.6 Å². The van der Waals surface area contributed by atoms with Crippen LogP contribution in [0.3, 0.4) is 0 Å². The van der Waals surface area contributed by atoms with Crippen molar-refractivity contribution in [3.63, 3.8) is 0 Å². The standard InChI is InChI=1S/C23H26ClN7/c1-17-16-30(22-19(24)7-5-9-26-22)12-13-31(17)21-14-20(18-6-4-8-25-15-18)27-23(28-21)29-10-2-3-11-29/h4-9,14-15,17H,2-3,10-13,16H2,1H3/t17-/m1/s1. The van der Waals surface area contributed by atoms with Crippen LogP contribution in [0.4, 0.5) is 17.6 Å². The Morgan fingerprint density at radius 2 is 1.81 bits per heavy atom. The highest BCUT2D eigenvalue weighted by atomic mass is 35.5. The number of halogens is 1. The largest absolute Gasteiger partial charge is 0.352 e. The molecule has 160 valence electrons. The minimum Gasteiger partial charge on any atom is -0.352 e. The molecular formula is C23H26ClN7. The van der Waals surface area contributed by atoms with Crippen molar-refractivity contribution in [1.82, 2.24) is 19.9 Å². The third-order valence-electron chi connectivity index (χ3n) is 6.01. The summed E-state index contributed by atoms with van der Waals surface area (Å²) in [7, 11) is 0. The first-order chi connectivity index (χ1) is 15.2. The molecule has 5 rings (SSSR count). The lowest BCUT2D eigenvalue weighted by atomic mass is 10.1. The predicted molar refractivity (Wildman–Crippen MR) is 125 cm³/mol. The van der Waals surface area contributed by atoms with Crippen LogP contribution in [-0.2, 0) is 0 Å². The summed E-state index contributed by atoms with van der Waals surface area (Å²) in [6, 6.07) is 10.1. The van der Waals surface area contributed by atoms with E-state index in [1.807, 2.05) is 24.4 Å². The lowest BCUT2D eigenvalue weighted by Gasteiger charge is -2.41. The highest BCUT2D eigenvalue weighted by Crippen LogP contribution is 2.30. The molecule has 0 saturated carbocycles. The molecule has 3 aromatic rings. The zero-order valence-electron chi connectivity index (χ0n) is 17.7. The number of rotatable bonds is 4. The molecule has 0 unspecified atom stereocenters. The van der Waals surface area contributed by atoms with Crippen molar-refractivity contribution in [3.05, 3.63) is 53.9 Å². The molecule has 0 aliphatic carbocycles. The van der Waals surface area contributed by atoms with Crippen LogP contribution in [0.15, 0.2) is 48.9 Å². The molecule has 0 aromatic carbocycles. The SMILES string of the molecule is C[C@@H]1CN(c2ncccc2Cl)CCN1c1cc(-c2cccnc2)nc(N2CCCC2)n1. The number of piperazine rings is 1. The van der Waals surface area contributed by atoms with E-state index in [2.05, 4.69) is 43.7 Å². The fourth-order valence-electron chi connectivity index (χ4n) is 4.39. The van der Waals surface area contributed by atoms with Crippen molar-refractivity contribution in [3.8, 4) is 11.3 Å². The number of pyridine rings is 2. The Labute approximate surface area is 187 Å². The second kappa shape index (κ2) is 8.67. The number of anilines is 3. The van der Waals surface area contributed by atoms with Gasteiger partial charge in [0, 0.05) is 69.0 Å². The van der Waals surface area contributed by atoms with Crippen molar-refractivity contribution in [1.29, 1.82) is 0 Å². The Kier molecular flexibility index (Phi) is 5.59. The molecule has 0 spiro atoms. The summed E-state index contributed by atoms with van der Waals surface area (Å²) in [6.07, 6.45) is 7.83. The second-order valence-corrected chi connectivity index (χ2v) is 8.55. The van der Waals surface area contributed by atoms with Gasteiger partial charge in [-0.25, -0.2) is 9.97 Å². The smallest absolute Gasteiger partial charge is 0.227 e. The van der Waals surface area contributed by atoms with Gasteiger partial charge < -0.3 is 14.7 Å². The molecule has 0 bridgehead atoms. The van der Waals surface area contributed by atoms with Gasteiger partial charge in [-0.15, -0.1) is 0 Å². The molecule has 31 heavy (non-hydrogen) atoms. The maximum atomic E-state index is 6.39. The Morgan fingerprint density at radius 3 is 2.55 bits per heavy atom. The molecule has 2 aliphatic rings. The van der Waals surface area contributed by atoms with Crippen LogP contribution in [0.5, 0.6) is 0 Å². The van der Waals surface area contributed by atoms with Gasteiger partial charge in [0.1, 0.15) is 11.6 Å². The van der Waals surface area contributed by atoms with Crippen molar-refractivity contribution >= 4 is 29.2 Å². The summed E-state index contributed by atoms with van der Waals surface area (Å²) >= 11 is 6.39. The van der Waals surface area contributed by atoms with Gasteiger partial charge in [-0.05, 0) is 44.0 Å². The minimum atomic E-state index is 0.259. The van der Waals surface area contributed by atoms with Gasteiger partial charge in [0.25, 0.3) is 0 Å². The van der Waals surface area contributed by atoms with E-state index in [0.29, 0.717) is 5.02 Å². The van der Waals surface area contributed by atoms with Crippen molar-refractivity contribution < 1.29 is 0 Å². The van der Waals surface area contributed by atoms with E-state index in [9.17, 15) is 0 Å². The van der Waals surface area contributed by atoms with E-state index in [1.165, 1.54) is 12.8 Å². The van der Waals surface area contributed by atoms with E-state index in [0.717, 1.165) is 61.6 Å². The molecule has 1 atom stereocenters. The van der Waals surface area contributed by atoms with E-state index >= 15 is 0 Å². The summed E-state index contributed by atoms with van der Waals surface area (Å²) in [5.41, 5.74) is 1.93. The highest BCUT2D eigenvalue weighted by Gasteiger charge is 2.28.